The fraction of sp³-hybridized carbons (Fsp3) is 0.273. The minimum atomic E-state index is -0.940. The standard InChI is InChI=1S/C11H14N2O3/c1-7-2-3-8(12)6-9(7)11(16)13-5-4-10(14)15/h2-3,6H,4-5,12H2,1H3,(H,13,16)(H,14,15). The smallest absolute Gasteiger partial charge is 0.305 e. The number of hydrogen-bond donors (Lipinski definition) is 3. The van der Waals surface area contributed by atoms with E-state index in [4.69, 9.17) is 10.8 Å². The summed E-state index contributed by atoms with van der Waals surface area (Å²) in [5.41, 5.74) is 7.36. The van der Waals surface area contributed by atoms with E-state index in [1.165, 1.54) is 0 Å². The molecule has 1 rings (SSSR count). The molecule has 0 aliphatic carbocycles. The van der Waals surface area contributed by atoms with Crippen molar-refractivity contribution in [2.75, 3.05) is 12.3 Å². The number of benzene rings is 1. The minimum Gasteiger partial charge on any atom is -0.481 e. The Morgan fingerprint density at radius 1 is 1.44 bits per heavy atom. The van der Waals surface area contributed by atoms with Crippen molar-refractivity contribution in [3.63, 3.8) is 0 Å². The fourth-order valence-electron chi connectivity index (χ4n) is 1.26. The van der Waals surface area contributed by atoms with Crippen LogP contribution in [0.2, 0.25) is 0 Å². The number of aryl methyl sites for hydroxylation is 1. The molecular formula is C11H14N2O3. The number of nitrogens with one attached hydrogen (secondary N) is 1. The lowest BCUT2D eigenvalue weighted by Crippen LogP contribution is -2.26. The topological polar surface area (TPSA) is 92.4 Å². The first kappa shape index (κ1) is 12.0. The van der Waals surface area contributed by atoms with Crippen molar-refractivity contribution in [2.45, 2.75) is 13.3 Å². The highest BCUT2D eigenvalue weighted by molar-refractivity contribution is 5.96. The van der Waals surface area contributed by atoms with E-state index >= 15 is 0 Å². The van der Waals surface area contributed by atoms with Gasteiger partial charge in [-0.1, -0.05) is 6.07 Å². The molecule has 0 aliphatic heterocycles. The Balaban J connectivity index is 2.65. The third-order valence-corrected chi connectivity index (χ3v) is 2.13. The molecule has 0 aliphatic rings. The van der Waals surface area contributed by atoms with Crippen LogP contribution in [-0.4, -0.2) is 23.5 Å². The number of carboxylic acids is 1. The number of rotatable bonds is 4. The zero-order valence-electron chi connectivity index (χ0n) is 8.99. The molecule has 0 aromatic heterocycles. The molecule has 16 heavy (non-hydrogen) atoms. The Labute approximate surface area is 93.3 Å². The molecular weight excluding hydrogens is 208 g/mol. The summed E-state index contributed by atoms with van der Waals surface area (Å²) >= 11 is 0. The minimum absolute atomic E-state index is 0.0902. The summed E-state index contributed by atoms with van der Waals surface area (Å²) in [5.74, 6) is -1.24. The molecule has 86 valence electrons. The summed E-state index contributed by atoms with van der Waals surface area (Å²) in [6.07, 6.45) is -0.0902. The Morgan fingerprint density at radius 2 is 2.12 bits per heavy atom. The van der Waals surface area contributed by atoms with Crippen LogP contribution in [0.3, 0.4) is 0 Å². The van der Waals surface area contributed by atoms with Crippen LogP contribution in [0, 0.1) is 6.92 Å². The number of carboxylic acid groups (broad SMARTS) is 1. The van der Waals surface area contributed by atoms with E-state index in [1.807, 2.05) is 0 Å². The van der Waals surface area contributed by atoms with Crippen LogP contribution in [0.15, 0.2) is 18.2 Å². The predicted octanol–water partition coefficient (Wildman–Crippen LogP) is 0.782. The first-order chi connectivity index (χ1) is 7.50. The van der Waals surface area contributed by atoms with E-state index in [-0.39, 0.29) is 18.9 Å². The molecule has 0 fully saturated rings. The molecule has 0 spiro atoms. The van der Waals surface area contributed by atoms with Gasteiger partial charge >= 0.3 is 5.97 Å². The third-order valence-electron chi connectivity index (χ3n) is 2.13. The van der Waals surface area contributed by atoms with Crippen LogP contribution in [0.25, 0.3) is 0 Å². The molecule has 0 saturated carbocycles. The number of carbonyl (C=O) groups excluding carboxylic acids is 1. The lowest BCUT2D eigenvalue weighted by Gasteiger charge is -2.07. The second-order valence-corrected chi connectivity index (χ2v) is 3.47. The van der Waals surface area contributed by atoms with Gasteiger partial charge in [-0.05, 0) is 24.6 Å². The highest BCUT2D eigenvalue weighted by atomic mass is 16.4. The first-order valence-corrected chi connectivity index (χ1v) is 4.87. The highest BCUT2D eigenvalue weighted by Gasteiger charge is 2.09. The maximum absolute atomic E-state index is 11.6. The van der Waals surface area contributed by atoms with Crippen LogP contribution < -0.4 is 11.1 Å². The number of amides is 1. The second-order valence-electron chi connectivity index (χ2n) is 3.47. The van der Waals surface area contributed by atoms with Gasteiger partial charge in [0.25, 0.3) is 5.91 Å². The van der Waals surface area contributed by atoms with Gasteiger partial charge in [-0.2, -0.15) is 0 Å². The Kier molecular flexibility index (Phi) is 3.88. The summed E-state index contributed by atoms with van der Waals surface area (Å²) in [5, 5.41) is 10.9. The number of nitrogen functional groups attached to an aromatic ring is 1. The predicted molar refractivity (Wildman–Crippen MR) is 60.2 cm³/mol. The molecule has 5 heteroatoms. The average molecular weight is 222 g/mol. The Bertz CT molecular complexity index is 416. The van der Waals surface area contributed by atoms with Crippen LogP contribution in [0.4, 0.5) is 5.69 Å². The number of hydrogen-bond acceptors (Lipinski definition) is 3. The van der Waals surface area contributed by atoms with E-state index in [2.05, 4.69) is 5.32 Å². The summed E-state index contributed by atoms with van der Waals surface area (Å²) in [6.45, 7) is 1.91. The van der Waals surface area contributed by atoms with E-state index in [1.54, 1.807) is 25.1 Å². The normalized spacial score (nSPS) is 9.81. The van der Waals surface area contributed by atoms with Crippen LogP contribution >= 0.6 is 0 Å². The maximum atomic E-state index is 11.6. The summed E-state index contributed by atoms with van der Waals surface area (Å²) in [7, 11) is 0. The zero-order chi connectivity index (χ0) is 12.1. The molecule has 0 saturated heterocycles. The summed E-state index contributed by atoms with van der Waals surface area (Å²) in [6, 6.07) is 5.04. The van der Waals surface area contributed by atoms with E-state index in [9.17, 15) is 9.59 Å². The number of anilines is 1. The molecule has 4 N–H and O–H groups in total. The largest absolute Gasteiger partial charge is 0.481 e. The first-order valence-electron chi connectivity index (χ1n) is 4.87. The van der Waals surface area contributed by atoms with Crippen LogP contribution in [0.5, 0.6) is 0 Å². The van der Waals surface area contributed by atoms with Crippen molar-refractivity contribution in [3.05, 3.63) is 29.3 Å². The zero-order valence-corrected chi connectivity index (χ0v) is 8.99. The highest BCUT2D eigenvalue weighted by Crippen LogP contribution is 2.12. The van der Waals surface area contributed by atoms with Crippen LogP contribution in [0.1, 0.15) is 22.3 Å². The van der Waals surface area contributed by atoms with Crippen molar-refractivity contribution >= 4 is 17.6 Å². The molecule has 1 aromatic carbocycles. The molecule has 0 unspecified atom stereocenters. The SMILES string of the molecule is Cc1ccc(N)cc1C(=O)NCCC(=O)O. The van der Waals surface area contributed by atoms with E-state index < -0.39 is 5.97 Å². The second kappa shape index (κ2) is 5.16. The van der Waals surface area contributed by atoms with Gasteiger partial charge in [-0.15, -0.1) is 0 Å². The van der Waals surface area contributed by atoms with Gasteiger partial charge in [0.15, 0.2) is 0 Å². The van der Waals surface area contributed by atoms with Gasteiger partial charge in [-0.25, -0.2) is 0 Å². The number of carbonyl (C=O) groups is 2. The number of nitrogens with two attached hydrogens (primary N) is 1. The molecule has 1 aromatic rings. The summed E-state index contributed by atoms with van der Waals surface area (Å²) < 4.78 is 0. The van der Waals surface area contributed by atoms with Gasteiger partial charge in [-0.3, -0.25) is 9.59 Å². The molecule has 0 radical (unpaired) electrons. The maximum Gasteiger partial charge on any atom is 0.305 e. The molecule has 0 heterocycles. The molecule has 0 bridgehead atoms. The van der Waals surface area contributed by atoms with E-state index in [0.717, 1.165) is 5.56 Å². The molecule has 1 amide bonds. The monoisotopic (exact) mass is 222 g/mol. The molecule has 0 atom stereocenters. The van der Waals surface area contributed by atoms with Crippen molar-refractivity contribution in [1.82, 2.24) is 5.32 Å². The Hall–Kier alpha value is -2.04. The van der Waals surface area contributed by atoms with Gasteiger partial charge in [0.2, 0.25) is 0 Å². The van der Waals surface area contributed by atoms with Gasteiger partial charge < -0.3 is 16.2 Å². The van der Waals surface area contributed by atoms with Gasteiger partial charge in [0.1, 0.15) is 0 Å². The average Bonchev–Trinajstić information content (AvgIpc) is 2.21. The number of aliphatic carboxylic acids is 1. The quantitative estimate of drug-likeness (QED) is 0.656. The van der Waals surface area contributed by atoms with Gasteiger partial charge in [0, 0.05) is 17.8 Å². The summed E-state index contributed by atoms with van der Waals surface area (Å²) in [4.78, 5) is 21.9. The van der Waals surface area contributed by atoms with Crippen molar-refractivity contribution in [2.24, 2.45) is 0 Å². The van der Waals surface area contributed by atoms with E-state index in [0.29, 0.717) is 11.3 Å². The Morgan fingerprint density at radius 3 is 2.75 bits per heavy atom. The van der Waals surface area contributed by atoms with Crippen LogP contribution in [-0.2, 0) is 4.79 Å². The third kappa shape index (κ3) is 3.27. The fourth-order valence-corrected chi connectivity index (χ4v) is 1.26. The lowest BCUT2D eigenvalue weighted by molar-refractivity contribution is -0.136. The van der Waals surface area contributed by atoms with Crippen molar-refractivity contribution in [3.8, 4) is 0 Å². The van der Waals surface area contributed by atoms with Crippen molar-refractivity contribution in [1.29, 1.82) is 0 Å². The van der Waals surface area contributed by atoms with Gasteiger partial charge in [0.05, 0.1) is 6.42 Å². The van der Waals surface area contributed by atoms with Crippen molar-refractivity contribution < 1.29 is 14.7 Å². The lowest BCUT2D eigenvalue weighted by atomic mass is 10.1. The molecule has 5 nitrogen and oxygen atoms in total.